The van der Waals surface area contributed by atoms with Crippen LogP contribution in [0.4, 0.5) is 4.79 Å². The van der Waals surface area contributed by atoms with Crippen LogP contribution in [0.3, 0.4) is 0 Å². The molecule has 1 saturated heterocycles. The summed E-state index contributed by atoms with van der Waals surface area (Å²) in [6, 6.07) is 0.120. The second kappa shape index (κ2) is 6.63. The van der Waals surface area contributed by atoms with E-state index in [1.807, 2.05) is 16.7 Å². The summed E-state index contributed by atoms with van der Waals surface area (Å²) >= 11 is 0. The first-order valence-corrected chi connectivity index (χ1v) is 5.61. The molecule has 0 aromatic carbocycles. The number of rotatable bonds is 4. The fourth-order valence-corrected chi connectivity index (χ4v) is 1.63. The Labute approximate surface area is 91.2 Å². The first-order chi connectivity index (χ1) is 7.29. The summed E-state index contributed by atoms with van der Waals surface area (Å²) < 4.78 is 5.21. The van der Waals surface area contributed by atoms with Gasteiger partial charge < -0.3 is 20.3 Å². The number of hydrogen-bond acceptors (Lipinski definition) is 3. The Hall–Kier alpha value is -0.810. The van der Waals surface area contributed by atoms with Crippen molar-refractivity contribution in [3.05, 3.63) is 0 Å². The quantitative estimate of drug-likeness (QED) is 0.724. The van der Waals surface area contributed by atoms with Crippen LogP contribution >= 0.6 is 0 Å². The average molecular weight is 215 g/mol. The zero-order valence-corrected chi connectivity index (χ0v) is 9.45. The van der Waals surface area contributed by atoms with Crippen molar-refractivity contribution < 1.29 is 9.53 Å². The zero-order chi connectivity index (χ0) is 11.1. The van der Waals surface area contributed by atoms with Gasteiger partial charge in [0, 0.05) is 26.2 Å². The van der Waals surface area contributed by atoms with Gasteiger partial charge >= 0.3 is 6.03 Å². The maximum absolute atomic E-state index is 12.0. The molecule has 0 aliphatic carbocycles. The molecule has 1 aliphatic heterocycles. The standard InChI is InChI=1S/C10H21N3O2/c1-2-12(5-3-4-11)10(14)13-6-8-15-9-7-13/h2-9,11H2,1H3. The number of nitrogens with two attached hydrogens (primary N) is 1. The van der Waals surface area contributed by atoms with Crippen molar-refractivity contribution in [2.75, 3.05) is 45.9 Å². The smallest absolute Gasteiger partial charge is 0.320 e. The lowest BCUT2D eigenvalue weighted by Crippen LogP contribution is -2.48. The summed E-state index contributed by atoms with van der Waals surface area (Å²) in [6.45, 7) is 6.84. The molecule has 0 bridgehead atoms. The van der Waals surface area contributed by atoms with Crippen LogP contribution in [0.25, 0.3) is 0 Å². The first-order valence-electron chi connectivity index (χ1n) is 5.61. The predicted molar refractivity (Wildman–Crippen MR) is 58.7 cm³/mol. The molecule has 2 amide bonds. The van der Waals surface area contributed by atoms with Crippen LogP contribution < -0.4 is 5.73 Å². The van der Waals surface area contributed by atoms with Crippen molar-refractivity contribution in [2.45, 2.75) is 13.3 Å². The molecule has 1 aliphatic rings. The third-order valence-electron chi connectivity index (χ3n) is 2.57. The summed E-state index contributed by atoms with van der Waals surface area (Å²) in [5.74, 6) is 0. The Balaban J connectivity index is 2.40. The summed E-state index contributed by atoms with van der Waals surface area (Å²) in [5, 5.41) is 0. The molecule has 5 nitrogen and oxygen atoms in total. The molecule has 0 unspecified atom stereocenters. The van der Waals surface area contributed by atoms with Gasteiger partial charge in [-0.15, -0.1) is 0 Å². The average Bonchev–Trinajstić information content (AvgIpc) is 2.31. The molecular formula is C10H21N3O2. The van der Waals surface area contributed by atoms with Crippen LogP contribution in [0.1, 0.15) is 13.3 Å². The molecule has 0 spiro atoms. The van der Waals surface area contributed by atoms with Crippen molar-refractivity contribution in [3.63, 3.8) is 0 Å². The molecule has 88 valence electrons. The summed E-state index contributed by atoms with van der Waals surface area (Å²) in [6.07, 6.45) is 0.865. The van der Waals surface area contributed by atoms with Gasteiger partial charge in [-0.3, -0.25) is 0 Å². The SMILES string of the molecule is CCN(CCCN)C(=O)N1CCOCC1. The van der Waals surface area contributed by atoms with Crippen LogP contribution in [-0.2, 0) is 4.74 Å². The van der Waals surface area contributed by atoms with E-state index in [-0.39, 0.29) is 6.03 Å². The molecule has 0 aromatic rings. The van der Waals surface area contributed by atoms with E-state index in [9.17, 15) is 4.79 Å². The van der Waals surface area contributed by atoms with Crippen LogP contribution in [0.15, 0.2) is 0 Å². The third kappa shape index (κ3) is 3.68. The number of amides is 2. The molecule has 0 radical (unpaired) electrons. The van der Waals surface area contributed by atoms with Gasteiger partial charge in [0.2, 0.25) is 0 Å². The molecule has 5 heteroatoms. The molecule has 0 aromatic heterocycles. The lowest BCUT2D eigenvalue weighted by atomic mass is 10.3. The summed E-state index contributed by atoms with van der Waals surface area (Å²) in [4.78, 5) is 15.7. The van der Waals surface area contributed by atoms with Gasteiger partial charge in [0.25, 0.3) is 0 Å². The van der Waals surface area contributed by atoms with Gasteiger partial charge in [-0.05, 0) is 19.9 Å². The minimum atomic E-state index is 0.120. The molecule has 1 fully saturated rings. The third-order valence-corrected chi connectivity index (χ3v) is 2.57. The highest BCUT2D eigenvalue weighted by molar-refractivity contribution is 5.74. The number of nitrogens with zero attached hydrogens (tertiary/aromatic N) is 2. The fourth-order valence-electron chi connectivity index (χ4n) is 1.63. The Kier molecular flexibility index (Phi) is 5.42. The molecule has 2 N–H and O–H groups in total. The minimum Gasteiger partial charge on any atom is -0.378 e. The lowest BCUT2D eigenvalue weighted by molar-refractivity contribution is 0.0437. The van der Waals surface area contributed by atoms with E-state index in [4.69, 9.17) is 10.5 Å². The second-order valence-corrected chi connectivity index (χ2v) is 3.60. The van der Waals surface area contributed by atoms with E-state index >= 15 is 0 Å². The van der Waals surface area contributed by atoms with Crippen molar-refractivity contribution in [1.29, 1.82) is 0 Å². The Morgan fingerprint density at radius 3 is 2.67 bits per heavy atom. The van der Waals surface area contributed by atoms with Crippen LogP contribution in [0, 0.1) is 0 Å². The maximum Gasteiger partial charge on any atom is 0.320 e. The van der Waals surface area contributed by atoms with Gasteiger partial charge in [0.05, 0.1) is 13.2 Å². The molecule has 15 heavy (non-hydrogen) atoms. The van der Waals surface area contributed by atoms with Crippen LogP contribution in [-0.4, -0.2) is 61.8 Å². The van der Waals surface area contributed by atoms with Crippen molar-refractivity contribution in [3.8, 4) is 0 Å². The Morgan fingerprint density at radius 1 is 1.47 bits per heavy atom. The monoisotopic (exact) mass is 215 g/mol. The minimum absolute atomic E-state index is 0.120. The number of ether oxygens (including phenoxy) is 1. The van der Waals surface area contributed by atoms with Crippen molar-refractivity contribution in [1.82, 2.24) is 9.80 Å². The number of carbonyl (C=O) groups is 1. The van der Waals surface area contributed by atoms with Gasteiger partial charge in [-0.2, -0.15) is 0 Å². The van der Waals surface area contributed by atoms with Gasteiger partial charge in [0.1, 0.15) is 0 Å². The van der Waals surface area contributed by atoms with Crippen molar-refractivity contribution in [2.24, 2.45) is 5.73 Å². The van der Waals surface area contributed by atoms with E-state index < -0.39 is 0 Å². The van der Waals surface area contributed by atoms with E-state index in [2.05, 4.69) is 0 Å². The number of carbonyl (C=O) groups excluding carboxylic acids is 1. The summed E-state index contributed by atoms with van der Waals surface area (Å²) in [7, 11) is 0. The molecule has 1 rings (SSSR count). The highest BCUT2D eigenvalue weighted by Gasteiger charge is 2.20. The summed E-state index contributed by atoms with van der Waals surface area (Å²) in [5.41, 5.74) is 5.44. The number of hydrogen-bond donors (Lipinski definition) is 1. The van der Waals surface area contributed by atoms with Crippen LogP contribution in [0.5, 0.6) is 0 Å². The zero-order valence-electron chi connectivity index (χ0n) is 9.45. The predicted octanol–water partition coefficient (Wildman–Crippen LogP) is 0.109. The van der Waals surface area contributed by atoms with E-state index in [0.717, 1.165) is 19.5 Å². The number of urea groups is 1. The van der Waals surface area contributed by atoms with Gasteiger partial charge in [-0.25, -0.2) is 4.79 Å². The Morgan fingerprint density at radius 2 is 2.13 bits per heavy atom. The second-order valence-electron chi connectivity index (χ2n) is 3.60. The largest absolute Gasteiger partial charge is 0.378 e. The molecular weight excluding hydrogens is 194 g/mol. The molecule has 0 atom stereocenters. The van der Waals surface area contributed by atoms with Gasteiger partial charge in [0.15, 0.2) is 0 Å². The van der Waals surface area contributed by atoms with E-state index in [1.165, 1.54) is 0 Å². The lowest BCUT2D eigenvalue weighted by Gasteiger charge is -2.32. The van der Waals surface area contributed by atoms with Crippen molar-refractivity contribution >= 4 is 6.03 Å². The number of morpholine rings is 1. The fraction of sp³-hybridized carbons (Fsp3) is 0.900. The normalized spacial score (nSPS) is 16.5. The van der Waals surface area contributed by atoms with E-state index in [1.54, 1.807) is 0 Å². The Bertz CT molecular complexity index is 193. The molecule has 1 heterocycles. The molecule has 0 saturated carbocycles. The highest BCUT2D eigenvalue weighted by atomic mass is 16.5. The first kappa shape index (κ1) is 12.3. The van der Waals surface area contributed by atoms with Crippen LogP contribution in [0.2, 0.25) is 0 Å². The topological polar surface area (TPSA) is 58.8 Å². The van der Waals surface area contributed by atoms with E-state index in [0.29, 0.717) is 32.8 Å². The highest BCUT2D eigenvalue weighted by Crippen LogP contribution is 2.03. The van der Waals surface area contributed by atoms with Gasteiger partial charge in [-0.1, -0.05) is 0 Å². The maximum atomic E-state index is 12.0.